The van der Waals surface area contributed by atoms with Crippen LogP contribution >= 0.6 is 27.5 Å². The predicted octanol–water partition coefficient (Wildman–Crippen LogP) is 6.59. The van der Waals surface area contributed by atoms with Gasteiger partial charge in [-0.3, -0.25) is 0 Å². The third-order valence-corrected chi connectivity index (χ3v) is 4.24. The van der Waals surface area contributed by atoms with Gasteiger partial charge >= 0.3 is 0 Å². The molecule has 0 fully saturated rings. The zero-order valence-electron chi connectivity index (χ0n) is 12.8. The van der Waals surface area contributed by atoms with E-state index in [1.54, 1.807) is 0 Å². The zero-order chi connectivity index (χ0) is 15.6. The van der Waals surface area contributed by atoms with Gasteiger partial charge in [-0.2, -0.15) is 0 Å². The maximum atomic E-state index is 6.16. The van der Waals surface area contributed by atoms with Crippen LogP contribution in [0.3, 0.4) is 0 Å². The standard InChI is InChI=1S/C18H20BrClO/c1-12-5-7-14(18(2,3)4)17(9-12)21-16-8-6-13(11-20)10-15(16)19/h5-10H,11H2,1-4H3. The van der Waals surface area contributed by atoms with E-state index in [1.807, 2.05) is 18.2 Å². The van der Waals surface area contributed by atoms with Gasteiger partial charge in [0.05, 0.1) is 4.47 Å². The van der Waals surface area contributed by atoms with Crippen LogP contribution in [0.4, 0.5) is 0 Å². The largest absolute Gasteiger partial charge is 0.456 e. The van der Waals surface area contributed by atoms with Crippen molar-refractivity contribution in [3.63, 3.8) is 0 Å². The highest BCUT2D eigenvalue weighted by Crippen LogP contribution is 2.37. The first-order valence-corrected chi connectivity index (χ1v) is 8.27. The third kappa shape index (κ3) is 4.02. The summed E-state index contributed by atoms with van der Waals surface area (Å²) in [5, 5.41) is 0. The highest BCUT2D eigenvalue weighted by atomic mass is 79.9. The number of ether oxygens (including phenoxy) is 1. The fourth-order valence-corrected chi connectivity index (χ4v) is 2.84. The van der Waals surface area contributed by atoms with E-state index in [0.29, 0.717) is 5.88 Å². The Labute approximate surface area is 140 Å². The Morgan fingerprint density at radius 1 is 1.05 bits per heavy atom. The molecule has 112 valence electrons. The van der Waals surface area contributed by atoms with Gasteiger partial charge in [0, 0.05) is 11.4 Å². The lowest BCUT2D eigenvalue weighted by Crippen LogP contribution is -2.12. The van der Waals surface area contributed by atoms with E-state index >= 15 is 0 Å². The second-order valence-electron chi connectivity index (χ2n) is 6.25. The van der Waals surface area contributed by atoms with Crippen molar-refractivity contribution in [1.29, 1.82) is 0 Å². The molecule has 0 bridgehead atoms. The van der Waals surface area contributed by atoms with E-state index in [-0.39, 0.29) is 5.41 Å². The molecule has 0 spiro atoms. The first-order valence-electron chi connectivity index (χ1n) is 6.94. The van der Waals surface area contributed by atoms with Gasteiger partial charge in [0.1, 0.15) is 11.5 Å². The number of aryl methyl sites for hydroxylation is 1. The summed E-state index contributed by atoms with van der Waals surface area (Å²) in [6.07, 6.45) is 0. The second-order valence-corrected chi connectivity index (χ2v) is 7.37. The van der Waals surface area contributed by atoms with Gasteiger partial charge in [0.25, 0.3) is 0 Å². The first kappa shape index (κ1) is 16.4. The van der Waals surface area contributed by atoms with Crippen LogP contribution in [-0.2, 0) is 11.3 Å². The molecule has 0 radical (unpaired) electrons. The average Bonchev–Trinajstić information content (AvgIpc) is 2.39. The fourth-order valence-electron chi connectivity index (χ4n) is 2.16. The minimum Gasteiger partial charge on any atom is -0.456 e. The normalized spacial score (nSPS) is 11.5. The summed E-state index contributed by atoms with van der Waals surface area (Å²) in [5.74, 6) is 2.21. The molecule has 1 nitrogen and oxygen atoms in total. The van der Waals surface area contributed by atoms with E-state index in [0.717, 1.165) is 21.5 Å². The highest BCUT2D eigenvalue weighted by molar-refractivity contribution is 9.10. The molecule has 0 atom stereocenters. The Bertz CT molecular complexity index is 644. The van der Waals surface area contributed by atoms with Crippen LogP contribution in [0.1, 0.15) is 37.5 Å². The molecule has 0 aliphatic carbocycles. The highest BCUT2D eigenvalue weighted by Gasteiger charge is 2.20. The van der Waals surface area contributed by atoms with E-state index in [9.17, 15) is 0 Å². The number of rotatable bonds is 3. The lowest BCUT2D eigenvalue weighted by atomic mass is 9.86. The van der Waals surface area contributed by atoms with Crippen molar-refractivity contribution in [2.24, 2.45) is 0 Å². The first-order chi connectivity index (χ1) is 9.81. The molecule has 0 saturated carbocycles. The van der Waals surface area contributed by atoms with Crippen molar-refractivity contribution >= 4 is 27.5 Å². The lowest BCUT2D eigenvalue weighted by Gasteiger charge is -2.23. The molecular formula is C18H20BrClO. The minimum atomic E-state index is 0.0333. The summed E-state index contributed by atoms with van der Waals surface area (Å²) >= 11 is 9.41. The minimum absolute atomic E-state index is 0.0333. The molecule has 0 heterocycles. The third-order valence-electron chi connectivity index (χ3n) is 3.32. The summed E-state index contributed by atoms with van der Waals surface area (Å²) in [5.41, 5.74) is 3.48. The van der Waals surface area contributed by atoms with Crippen molar-refractivity contribution < 1.29 is 4.74 Å². The SMILES string of the molecule is Cc1ccc(C(C)(C)C)c(Oc2ccc(CCl)cc2Br)c1. The molecule has 2 rings (SSSR count). The van der Waals surface area contributed by atoms with Gasteiger partial charge in [-0.1, -0.05) is 39.0 Å². The summed E-state index contributed by atoms with van der Waals surface area (Å²) < 4.78 is 7.08. The van der Waals surface area contributed by atoms with Crippen LogP contribution in [0.2, 0.25) is 0 Å². The summed E-state index contributed by atoms with van der Waals surface area (Å²) in [7, 11) is 0. The maximum Gasteiger partial charge on any atom is 0.141 e. The van der Waals surface area contributed by atoms with Crippen LogP contribution < -0.4 is 4.74 Å². The Balaban J connectivity index is 2.41. The van der Waals surface area contributed by atoms with Gasteiger partial charge < -0.3 is 4.74 Å². The molecule has 0 unspecified atom stereocenters. The van der Waals surface area contributed by atoms with Gasteiger partial charge in [0.2, 0.25) is 0 Å². The number of alkyl halides is 1. The van der Waals surface area contributed by atoms with Crippen molar-refractivity contribution in [3.05, 3.63) is 57.6 Å². The van der Waals surface area contributed by atoms with Crippen molar-refractivity contribution in [2.75, 3.05) is 0 Å². The molecule has 0 saturated heterocycles. The van der Waals surface area contributed by atoms with Crippen molar-refractivity contribution in [3.8, 4) is 11.5 Å². The van der Waals surface area contributed by atoms with Crippen LogP contribution in [0, 0.1) is 6.92 Å². The number of hydrogen-bond donors (Lipinski definition) is 0. The summed E-state index contributed by atoms with van der Waals surface area (Å²) in [6.45, 7) is 8.65. The van der Waals surface area contributed by atoms with Gasteiger partial charge in [-0.25, -0.2) is 0 Å². The molecule has 0 N–H and O–H groups in total. The lowest BCUT2D eigenvalue weighted by molar-refractivity contribution is 0.452. The van der Waals surface area contributed by atoms with E-state index in [2.05, 4.69) is 61.8 Å². The van der Waals surface area contributed by atoms with E-state index in [1.165, 1.54) is 11.1 Å². The topological polar surface area (TPSA) is 9.23 Å². The van der Waals surface area contributed by atoms with Gasteiger partial charge in [0.15, 0.2) is 0 Å². The van der Waals surface area contributed by atoms with Crippen LogP contribution in [0.15, 0.2) is 40.9 Å². The Hall–Kier alpha value is -0.990. The molecule has 21 heavy (non-hydrogen) atoms. The molecule has 0 aromatic heterocycles. The molecule has 2 aromatic carbocycles. The molecule has 0 amide bonds. The van der Waals surface area contributed by atoms with Gasteiger partial charge in [-0.15, -0.1) is 11.6 Å². The van der Waals surface area contributed by atoms with Crippen molar-refractivity contribution in [1.82, 2.24) is 0 Å². The van der Waals surface area contributed by atoms with E-state index in [4.69, 9.17) is 16.3 Å². The summed E-state index contributed by atoms with van der Waals surface area (Å²) in [4.78, 5) is 0. The Morgan fingerprint density at radius 3 is 2.33 bits per heavy atom. The molecule has 0 aliphatic heterocycles. The monoisotopic (exact) mass is 366 g/mol. The molecule has 2 aromatic rings. The van der Waals surface area contributed by atoms with E-state index < -0.39 is 0 Å². The Kier molecular flexibility index (Phi) is 5.00. The zero-order valence-corrected chi connectivity index (χ0v) is 15.2. The van der Waals surface area contributed by atoms with Gasteiger partial charge in [-0.05, 0) is 57.6 Å². The van der Waals surface area contributed by atoms with Crippen LogP contribution in [-0.4, -0.2) is 0 Å². The second kappa shape index (κ2) is 6.41. The molecular weight excluding hydrogens is 348 g/mol. The predicted molar refractivity (Wildman–Crippen MR) is 93.7 cm³/mol. The molecule has 0 aliphatic rings. The van der Waals surface area contributed by atoms with Crippen LogP contribution in [0.5, 0.6) is 11.5 Å². The molecule has 3 heteroatoms. The van der Waals surface area contributed by atoms with Crippen LogP contribution in [0.25, 0.3) is 0 Å². The summed E-state index contributed by atoms with van der Waals surface area (Å²) in [6, 6.07) is 12.3. The average molecular weight is 368 g/mol. The maximum absolute atomic E-state index is 6.16. The fraction of sp³-hybridized carbons (Fsp3) is 0.333. The quantitative estimate of drug-likeness (QED) is 0.556. The van der Waals surface area contributed by atoms with Crippen molar-refractivity contribution in [2.45, 2.75) is 39.0 Å². The smallest absolute Gasteiger partial charge is 0.141 e. The number of benzene rings is 2. The Morgan fingerprint density at radius 2 is 1.76 bits per heavy atom. The number of hydrogen-bond acceptors (Lipinski definition) is 1. The number of halogens is 2.